The normalized spacial score (nSPS) is 15.7. The van der Waals surface area contributed by atoms with Crippen LogP contribution in [0.15, 0.2) is 28.8 Å². The second-order valence-corrected chi connectivity index (χ2v) is 7.14. The fraction of sp³-hybridized carbons (Fsp3) is 0.524. The van der Waals surface area contributed by atoms with E-state index in [1.807, 2.05) is 26.0 Å². The van der Waals surface area contributed by atoms with E-state index in [0.29, 0.717) is 19.4 Å². The number of aryl methyl sites for hydroxylation is 2. The summed E-state index contributed by atoms with van der Waals surface area (Å²) in [5.74, 6) is 1.70. The van der Waals surface area contributed by atoms with Gasteiger partial charge in [-0.05, 0) is 63.9 Å². The first-order chi connectivity index (χ1) is 13.1. The van der Waals surface area contributed by atoms with Crippen molar-refractivity contribution < 1.29 is 14.1 Å². The third-order valence-electron chi connectivity index (χ3n) is 5.34. The fourth-order valence-electron chi connectivity index (χ4n) is 3.76. The molecule has 1 amide bonds. The number of aromatic nitrogens is 1. The average Bonchev–Trinajstić information content (AvgIpc) is 3.31. The predicted octanol–water partition coefficient (Wildman–Crippen LogP) is 3.19. The van der Waals surface area contributed by atoms with E-state index >= 15 is 0 Å². The molecule has 2 heterocycles. The molecular weight excluding hydrogens is 342 g/mol. The summed E-state index contributed by atoms with van der Waals surface area (Å²) in [7, 11) is 1.68. The Balaban J connectivity index is 1.61. The van der Waals surface area contributed by atoms with E-state index in [1.54, 1.807) is 7.11 Å². The van der Waals surface area contributed by atoms with Crippen molar-refractivity contribution in [3.8, 4) is 5.75 Å². The summed E-state index contributed by atoms with van der Waals surface area (Å²) in [6, 6.07) is 8.31. The smallest absolute Gasteiger partial charge is 0.220 e. The average molecular weight is 371 g/mol. The fourth-order valence-corrected chi connectivity index (χ4v) is 3.76. The monoisotopic (exact) mass is 371 g/mol. The number of likely N-dealkylation sites (tertiary alicyclic amines) is 1. The lowest BCUT2D eigenvalue weighted by atomic mass is 10.0. The molecule has 0 bridgehead atoms. The minimum Gasteiger partial charge on any atom is -0.497 e. The Morgan fingerprint density at radius 2 is 2.11 bits per heavy atom. The number of carbonyl (C=O) groups excluding carboxylic acids is 1. The molecule has 0 radical (unpaired) electrons. The standard InChI is InChI=1S/C21H29N3O3/c1-15-19(16(2)27-23-15)9-10-21(25)22-14-20(24-11-4-5-12-24)17-7-6-8-18(13-17)26-3/h6-8,13,20H,4-5,9-12,14H2,1-3H3,(H,22,25). The van der Waals surface area contributed by atoms with Crippen LogP contribution in [0.3, 0.4) is 0 Å². The number of rotatable bonds is 8. The van der Waals surface area contributed by atoms with Crippen LogP contribution in [-0.4, -0.2) is 42.7 Å². The summed E-state index contributed by atoms with van der Waals surface area (Å²) >= 11 is 0. The van der Waals surface area contributed by atoms with Crippen molar-refractivity contribution in [2.45, 2.75) is 45.6 Å². The van der Waals surface area contributed by atoms with E-state index < -0.39 is 0 Å². The molecule has 1 aromatic heterocycles. The summed E-state index contributed by atoms with van der Waals surface area (Å²) in [6.45, 7) is 6.54. The van der Waals surface area contributed by atoms with Crippen LogP contribution >= 0.6 is 0 Å². The van der Waals surface area contributed by atoms with Crippen LogP contribution in [0.1, 0.15) is 47.9 Å². The zero-order valence-electron chi connectivity index (χ0n) is 16.5. The quantitative estimate of drug-likeness (QED) is 0.772. The van der Waals surface area contributed by atoms with Gasteiger partial charge in [0, 0.05) is 18.5 Å². The Bertz CT molecular complexity index is 746. The lowest BCUT2D eigenvalue weighted by Crippen LogP contribution is -2.36. The molecule has 3 rings (SSSR count). The molecule has 1 atom stereocenters. The van der Waals surface area contributed by atoms with Crippen molar-refractivity contribution >= 4 is 5.91 Å². The molecule has 1 aliphatic rings. The van der Waals surface area contributed by atoms with Gasteiger partial charge in [-0.15, -0.1) is 0 Å². The number of hydrogen-bond donors (Lipinski definition) is 1. The van der Waals surface area contributed by atoms with Crippen LogP contribution in [0, 0.1) is 13.8 Å². The summed E-state index contributed by atoms with van der Waals surface area (Å²) in [5, 5.41) is 7.08. The van der Waals surface area contributed by atoms with Crippen molar-refractivity contribution in [3.63, 3.8) is 0 Å². The van der Waals surface area contributed by atoms with Crippen LogP contribution < -0.4 is 10.1 Å². The number of carbonyl (C=O) groups is 1. The largest absolute Gasteiger partial charge is 0.497 e. The minimum atomic E-state index is 0.0575. The Kier molecular flexibility index (Phi) is 6.50. The second-order valence-electron chi connectivity index (χ2n) is 7.14. The molecular formula is C21H29N3O3. The molecule has 1 fully saturated rings. The summed E-state index contributed by atoms with van der Waals surface area (Å²) < 4.78 is 10.5. The third kappa shape index (κ3) is 4.89. The van der Waals surface area contributed by atoms with Crippen LogP contribution in [0.2, 0.25) is 0 Å². The molecule has 6 heteroatoms. The highest BCUT2D eigenvalue weighted by Gasteiger charge is 2.24. The number of amides is 1. The second kappa shape index (κ2) is 9.04. The number of nitrogens with one attached hydrogen (secondary N) is 1. The number of benzene rings is 1. The van der Waals surface area contributed by atoms with E-state index in [9.17, 15) is 4.79 Å². The van der Waals surface area contributed by atoms with Gasteiger partial charge in [0.15, 0.2) is 0 Å². The van der Waals surface area contributed by atoms with E-state index in [-0.39, 0.29) is 11.9 Å². The maximum Gasteiger partial charge on any atom is 0.220 e. The minimum absolute atomic E-state index is 0.0575. The SMILES string of the molecule is COc1cccc(C(CNC(=O)CCc2c(C)noc2C)N2CCCC2)c1. The molecule has 1 N–H and O–H groups in total. The number of methoxy groups -OCH3 is 1. The van der Waals surface area contributed by atoms with Crippen LogP contribution in [0.25, 0.3) is 0 Å². The summed E-state index contributed by atoms with van der Waals surface area (Å²) in [4.78, 5) is 14.9. The van der Waals surface area contributed by atoms with Gasteiger partial charge in [0.1, 0.15) is 11.5 Å². The first-order valence-corrected chi connectivity index (χ1v) is 9.65. The van der Waals surface area contributed by atoms with E-state index in [4.69, 9.17) is 9.26 Å². The van der Waals surface area contributed by atoms with Crippen molar-refractivity contribution in [2.75, 3.05) is 26.7 Å². The van der Waals surface area contributed by atoms with Gasteiger partial charge in [0.2, 0.25) is 5.91 Å². The lowest BCUT2D eigenvalue weighted by molar-refractivity contribution is -0.121. The van der Waals surface area contributed by atoms with Crippen molar-refractivity contribution in [1.82, 2.24) is 15.4 Å². The molecule has 27 heavy (non-hydrogen) atoms. The number of nitrogens with zero attached hydrogens (tertiary/aromatic N) is 2. The topological polar surface area (TPSA) is 67.6 Å². The highest BCUT2D eigenvalue weighted by Crippen LogP contribution is 2.27. The molecule has 6 nitrogen and oxygen atoms in total. The molecule has 146 valence electrons. The van der Waals surface area contributed by atoms with Gasteiger partial charge in [-0.2, -0.15) is 0 Å². The first-order valence-electron chi connectivity index (χ1n) is 9.65. The zero-order chi connectivity index (χ0) is 19.2. The number of hydrogen-bond acceptors (Lipinski definition) is 5. The van der Waals surface area contributed by atoms with Gasteiger partial charge < -0.3 is 14.6 Å². The van der Waals surface area contributed by atoms with Crippen LogP contribution in [0.4, 0.5) is 0 Å². The van der Waals surface area contributed by atoms with E-state index in [2.05, 4.69) is 27.5 Å². The molecule has 0 spiro atoms. The Labute approximate surface area is 160 Å². The van der Waals surface area contributed by atoms with Gasteiger partial charge in [-0.25, -0.2) is 0 Å². The molecule has 1 unspecified atom stereocenters. The number of ether oxygens (including phenoxy) is 1. The van der Waals surface area contributed by atoms with E-state index in [0.717, 1.165) is 35.9 Å². The van der Waals surface area contributed by atoms with Crippen molar-refractivity contribution in [3.05, 3.63) is 46.8 Å². The summed E-state index contributed by atoms with van der Waals surface area (Å²) in [6.07, 6.45) is 3.51. The molecule has 2 aromatic rings. The van der Waals surface area contributed by atoms with Gasteiger partial charge in [-0.3, -0.25) is 9.69 Å². The van der Waals surface area contributed by atoms with Gasteiger partial charge in [0.25, 0.3) is 0 Å². The van der Waals surface area contributed by atoms with Crippen LogP contribution in [-0.2, 0) is 11.2 Å². The van der Waals surface area contributed by atoms with Gasteiger partial charge in [-0.1, -0.05) is 17.3 Å². The third-order valence-corrected chi connectivity index (χ3v) is 5.34. The zero-order valence-corrected chi connectivity index (χ0v) is 16.5. The Morgan fingerprint density at radius 1 is 1.33 bits per heavy atom. The van der Waals surface area contributed by atoms with Gasteiger partial charge in [0.05, 0.1) is 18.8 Å². The molecule has 0 saturated carbocycles. The molecule has 0 aliphatic carbocycles. The molecule has 1 aliphatic heterocycles. The van der Waals surface area contributed by atoms with Gasteiger partial charge >= 0.3 is 0 Å². The van der Waals surface area contributed by atoms with E-state index in [1.165, 1.54) is 18.4 Å². The maximum atomic E-state index is 12.4. The maximum absolute atomic E-state index is 12.4. The Morgan fingerprint density at radius 3 is 2.78 bits per heavy atom. The Hall–Kier alpha value is -2.34. The van der Waals surface area contributed by atoms with Crippen molar-refractivity contribution in [2.24, 2.45) is 0 Å². The molecule has 1 saturated heterocycles. The highest BCUT2D eigenvalue weighted by atomic mass is 16.5. The van der Waals surface area contributed by atoms with Crippen molar-refractivity contribution in [1.29, 1.82) is 0 Å². The van der Waals surface area contributed by atoms with Crippen LogP contribution in [0.5, 0.6) is 5.75 Å². The predicted molar refractivity (Wildman–Crippen MR) is 104 cm³/mol. The summed E-state index contributed by atoms with van der Waals surface area (Å²) in [5.41, 5.74) is 3.09. The molecule has 1 aromatic carbocycles. The first kappa shape index (κ1) is 19.4. The highest BCUT2D eigenvalue weighted by molar-refractivity contribution is 5.76. The lowest BCUT2D eigenvalue weighted by Gasteiger charge is -2.28.